The predicted octanol–water partition coefficient (Wildman–Crippen LogP) is 6.67. The highest BCUT2D eigenvalue weighted by Crippen LogP contribution is 2.36. The van der Waals surface area contributed by atoms with Crippen LogP contribution < -0.4 is 0 Å². The lowest BCUT2D eigenvalue weighted by Gasteiger charge is -2.34. The molecule has 0 radical (unpaired) electrons. The molecule has 0 rings (SSSR count). The molecule has 0 heterocycles. The summed E-state index contributed by atoms with van der Waals surface area (Å²) in [6, 6.07) is 0. The molecule has 0 aromatic heterocycles. The van der Waals surface area contributed by atoms with E-state index in [9.17, 15) is 0 Å². The Bertz CT molecular complexity index is 382. The molecule has 0 aliphatic rings. The molecule has 11 heteroatoms. The molecule has 200 valence electrons. The van der Waals surface area contributed by atoms with E-state index in [0.717, 1.165) is 49.3 Å². The average molecular weight is 561 g/mol. The molecule has 33 heavy (non-hydrogen) atoms. The van der Waals surface area contributed by atoms with Crippen LogP contribution in [0.25, 0.3) is 0 Å². The third-order valence-electron chi connectivity index (χ3n) is 4.35. The summed E-state index contributed by atoms with van der Waals surface area (Å²) in [6.45, 7) is 21.7. The molecule has 0 fully saturated rings. The van der Waals surface area contributed by atoms with E-state index >= 15 is 0 Å². The fourth-order valence-corrected chi connectivity index (χ4v) is 26.1. The summed E-state index contributed by atoms with van der Waals surface area (Å²) in [7, 11) is -5.41. The molecule has 0 bridgehead atoms. The van der Waals surface area contributed by atoms with Crippen LogP contribution in [0.1, 0.15) is 80.1 Å². The summed E-state index contributed by atoms with van der Waals surface area (Å²) in [6.07, 6.45) is 4.05. The van der Waals surface area contributed by atoms with Gasteiger partial charge in [0, 0.05) is 39.6 Å². The van der Waals surface area contributed by atoms with Crippen molar-refractivity contribution in [2.75, 3.05) is 50.4 Å². The topological polar surface area (TPSA) is 55.4 Å². The molecule has 0 amide bonds. The van der Waals surface area contributed by atoms with E-state index in [1.807, 2.05) is 22.4 Å². The quantitative estimate of drug-likeness (QED) is 0.121. The minimum Gasteiger partial charge on any atom is -0.373 e. The van der Waals surface area contributed by atoms with Crippen molar-refractivity contribution < 1.29 is 26.6 Å². The van der Waals surface area contributed by atoms with Gasteiger partial charge in [-0.25, -0.2) is 0 Å². The first-order valence-corrected chi connectivity index (χ1v) is 23.2. The average Bonchev–Trinajstić information content (AvgIpc) is 2.82. The van der Waals surface area contributed by atoms with Crippen molar-refractivity contribution in [3.63, 3.8) is 0 Å². The van der Waals surface area contributed by atoms with E-state index in [2.05, 4.69) is 54.6 Å². The highest BCUT2D eigenvalue weighted by Gasteiger charge is 2.46. The Labute approximate surface area is 216 Å². The molecule has 0 N–H and O–H groups in total. The molecule has 0 saturated carbocycles. The van der Waals surface area contributed by atoms with Crippen molar-refractivity contribution in [2.45, 2.75) is 93.2 Å². The Balaban J connectivity index is 5.33. The number of hydrogen-bond acceptors (Lipinski definition) is 8. The zero-order valence-corrected chi connectivity index (χ0v) is 27.3. The van der Waals surface area contributed by atoms with Gasteiger partial charge in [0.05, 0.1) is 10.8 Å². The second-order valence-electron chi connectivity index (χ2n) is 8.43. The van der Waals surface area contributed by atoms with Gasteiger partial charge in [0.25, 0.3) is 0 Å². The van der Waals surface area contributed by atoms with Crippen LogP contribution in [0, 0.1) is 0 Å². The van der Waals surface area contributed by atoms with Crippen LogP contribution in [0.2, 0.25) is 13.1 Å². The molecule has 0 aromatic carbocycles. The maximum atomic E-state index is 6.30. The van der Waals surface area contributed by atoms with Crippen LogP contribution in [-0.2, 0) is 26.6 Å². The van der Waals surface area contributed by atoms with Crippen LogP contribution in [0.15, 0.2) is 0 Å². The van der Waals surface area contributed by atoms with Crippen LogP contribution in [-0.4, -0.2) is 74.4 Å². The van der Waals surface area contributed by atoms with Gasteiger partial charge in [-0.15, -0.1) is 0 Å². The van der Waals surface area contributed by atoms with Gasteiger partial charge >= 0.3 is 17.6 Å². The fourth-order valence-electron chi connectivity index (χ4n) is 2.61. The molecule has 0 spiro atoms. The zero-order chi connectivity index (χ0) is 25.1. The molecule has 0 atom stereocenters. The van der Waals surface area contributed by atoms with Crippen molar-refractivity contribution in [1.29, 1.82) is 0 Å². The van der Waals surface area contributed by atoms with Gasteiger partial charge < -0.3 is 26.6 Å². The third kappa shape index (κ3) is 15.7. The minimum atomic E-state index is -2.70. The Morgan fingerprint density at radius 3 is 0.818 bits per heavy atom. The molecular formula is C22H52O6S2Si3. The Kier molecular flexibility index (Phi) is 20.9. The van der Waals surface area contributed by atoms with Gasteiger partial charge in [0.1, 0.15) is 0 Å². The van der Waals surface area contributed by atoms with Gasteiger partial charge in [0.15, 0.2) is 6.37 Å². The third-order valence-corrected chi connectivity index (χ3v) is 22.5. The smallest absolute Gasteiger partial charge is 0.373 e. The van der Waals surface area contributed by atoms with E-state index in [0.29, 0.717) is 39.6 Å². The summed E-state index contributed by atoms with van der Waals surface area (Å²) < 4.78 is 37.8. The van der Waals surface area contributed by atoms with Gasteiger partial charge in [-0.3, -0.25) is 0 Å². The van der Waals surface area contributed by atoms with E-state index in [1.54, 1.807) is 0 Å². The first-order chi connectivity index (χ1) is 15.8. The Morgan fingerprint density at radius 2 is 0.636 bits per heavy atom. The number of hydrogen-bond donors (Lipinski definition) is 0. The standard InChI is InChI=1S/C22H52O6S2Si3/c1-9-15-23-32(24-16-10-2,25-17-11-3)21-29-31(7,8)30-22-33(26-18-12-4,27-19-13-5)28-20-14-6/h9-22H2,1-8H3. The lowest BCUT2D eigenvalue weighted by atomic mass is 10.5. The first-order valence-electron chi connectivity index (χ1n) is 12.9. The van der Waals surface area contributed by atoms with Crippen LogP contribution in [0.3, 0.4) is 0 Å². The van der Waals surface area contributed by atoms with Crippen molar-refractivity contribution in [3.8, 4) is 0 Å². The lowest BCUT2D eigenvalue weighted by Crippen LogP contribution is -2.52. The summed E-state index contributed by atoms with van der Waals surface area (Å²) in [5, 5.41) is 1.60. The van der Waals surface area contributed by atoms with Crippen LogP contribution in [0.5, 0.6) is 0 Å². The molecule has 6 nitrogen and oxygen atoms in total. The molecule has 0 unspecified atom stereocenters. The summed E-state index contributed by atoms with van der Waals surface area (Å²) in [5.41, 5.74) is 0. The summed E-state index contributed by atoms with van der Waals surface area (Å²) in [4.78, 5) is 0. The molecule has 0 aromatic rings. The van der Waals surface area contributed by atoms with Crippen molar-refractivity contribution >= 4 is 46.4 Å². The van der Waals surface area contributed by atoms with Gasteiger partial charge in [-0.05, 0) is 38.5 Å². The summed E-state index contributed by atoms with van der Waals surface area (Å²) in [5.74, 6) is 0. The SMILES string of the molecule is CCCO[Si](CS[Si](C)(C)SC[Si](OCCC)(OCCC)OCCC)(OCCC)OCCC. The second-order valence-corrected chi connectivity index (χ2v) is 27.2. The fraction of sp³-hybridized carbons (Fsp3) is 1.00. The second kappa shape index (κ2) is 20.2. The maximum absolute atomic E-state index is 6.30. The monoisotopic (exact) mass is 560 g/mol. The van der Waals surface area contributed by atoms with Crippen LogP contribution in [0.4, 0.5) is 0 Å². The van der Waals surface area contributed by atoms with Crippen molar-refractivity contribution in [3.05, 3.63) is 0 Å². The van der Waals surface area contributed by atoms with Gasteiger partial charge in [-0.2, -0.15) is 22.4 Å². The van der Waals surface area contributed by atoms with E-state index in [-0.39, 0.29) is 0 Å². The van der Waals surface area contributed by atoms with E-state index in [4.69, 9.17) is 26.6 Å². The van der Waals surface area contributed by atoms with Crippen LogP contribution >= 0.6 is 22.4 Å². The Hall–Kier alpha value is 1.11. The predicted molar refractivity (Wildman–Crippen MR) is 151 cm³/mol. The molecule has 0 aliphatic heterocycles. The maximum Gasteiger partial charge on any atom is 0.510 e. The summed E-state index contributed by atoms with van der Waals surface area (Å²) >= 11 is 3.99. The van der Waals surface area contributed by atoms with Crippen molar-refractivity contribution in [1.82, 2.24) is 0 Å². The first kappa shape index (κ1) is 34.1. The lowest BCUT2D eigenvalue weighted by molar-refractivity contribution is 0.0643. The van der Waals surface area contributed by atoms with E-state index < -0.39 is 24.0 Å². The van der Waals surface area contributed by atoms with Crippen molar-refractivity contribution in [2.24, 2.45) is 0 Å². The highest BCUT2D eigenvalue weighted by atomic mass is 32.6. The van der Waals surface area contributed by atoms with Gasteiger partial charge in [0.2, 0.25) is 0 Å². The largest absolute Gasteiger partial charge is 0.510 e. The number of rotatable bonds is 24. The normalized spacial score (nSPS) is 13.1. The highest BCUT2D eigenvalue weighted by molar-refractivity contribution is 8.58. The molecule has 0 aliphatic carbocycles. The van der Waals surface area contributed by atoms with Gasteiger partial charge in [-0.1, -0.05) is 54.6 Å². The zero-order valence-electron chi connectivity index (χ0n) is 22.7. The van der Waals surface area contributed by atoms with E-state index in [1.165, 1.54) is 0 Å². The molecular weight excluding hydrogens is 509 g/mol. The Morgan fingerprint density at radius 1 is 0.424 bits per heavy atom. The minimum absolute atomic E-state index is 0.686. The molecule has 0 saturated heterocycles.